The molecule has 0 spiro atoms. The van der Waals surface area contributed by atoms with Gasteiger partial charge in [0.25, 0.3) is 15.9 Å². The fourth-order valence-corrected chi connectivity index (χ4v) is 5.56. The SMILES string of the molecule is CNC[C@@H]1OCCCC[C@H](C)Oc2ccc(NS(=O)(=O)c3ccccc3)cc2C(=O)N([C@@H](C)CO)C[C@@H]1C. The topological polar surface area (TPSA) is 117 Å². The van der Waals surface area contributed by atoms with Crippen LogP contribution < -0.4 is 14.8 Å². The van der Waals surface area contributed by atoms with Gasteiger partial charge in [0, 0.05) is 31.3 Å². The summed E-state index contributed by atoms with van der Waals surface area (Å²) in [6.07, 6.45) is 2.31. The van der Waals surface area contributed by atoms with Gasteiger partial charge in [-0.25, -0.2) is 8.42 Å². The number of carbonyl (C=O) groups is 1. The molecular weight excluding hydrogens is 506 g/mol. The van der Waals surface area contributed by atoms with E-state index in [1.54, 1.807) is 42.2 Å². The van der Waals surface area contributed by atoms with Crippen LogP contribution in [0.2, 0.25) is 0 Å². The Morgan fingerprint density at radius 1 is 1.13 bits per heavy atom. The lowest BCUT2D eigenvalue weighted by molar-refractivity contribution is -0.000450. The Balaban J connectivity index is 2.02. The number of sulfonamides is 1. The number of fused-ring (bicyclic) bond motifs is 1. The molecule has 0 aromatic heterocycles. The summed E-state index contributed by atoms with van der Waals surface area (Å²) in [4.78, 5) is 15.7. The second kappa shape index (κ2) is 13.9. The van der Waals surface area contributed by atoms with Crippen molar-refractivity contribution in [2.24, 2.45) is 5.92 Å². The van der Waals surface area contributed by atoms with Gasteiger partial charge >= 0.3 is 0 Å². The lowest BCUT2D eigenvalue weighted by atomic mass is 10.0. The molecule has 38 heavy (non-hydrogen) atoms. The average Bonchev–Trinajstić information content (AvgIpc) is 2.90. The average molecular weight is 548 g/mol. The highest BCUT2D eigenvalue weighted by Crippen LogP contribution is 2.29. The lowest BCUT2D eigenvalue weighted by Gasteiger charge is -2.34. The predicted octanol–water partition coefficient (Wildman–Crippen LogP) is 3.50. The summed E-state index contributed by atoms with van der Waals surface area (Å²) in [5.74, 6) is 0.0149. The molecule has 210 valence electrons. The van der Waals surface area contributed by atoms with E-state index in [0.29, 0.717) is 25.4 Å². The molecule has 3 rings (SSSR count). The number of likely N-dealkylation sites (N-methyl/N-ethyl adjacent to an activating group) is 1. The van der Waals surface area contributed by atoms with Crippen LogP contribution in [0.1, 0.15) is 50.4 Å². The number of hydrogen-bond acceptors (Lipinski definition) is 7. The first kappa shape index (κ1) is 29.9. The van der Waals surface area contributed by atoms with E-state index in [1.165, 1.54) is 18.2 Å². The van der Waals surface area contributed by atoms with Crippen LogP contribution in [0, 0.1) is 5.92 Å². The first-order valence-electron chi connectivity index (χ1n) is 13.2. The van der Waals surface area contributed by atoms with Crippen LogP contribution in [0.3, 0.4) is 0 Å². The van der Waals surface area contributed by atoms with Crippen LogP contribution in [-0.2, 0) is 14.8 Å². The molecule has 1 aliphatic heterocycles. The van der Waals surface area contributed by atoms with Gasteiger partial charge in [0.2, 0.25) is 0 Å². The van der Waals surface area contributed by atoms with Gasteiger partial charge in [0.05, 0.1) is 35.3 Å². The highest BCUT2D eigenvalue weighted by Gasteiger charge is 2.30. The fourth-order valence-electron chi connectivity index (χ4n) is 4.49. The Bertz CT molecular complexity index is 1140. The van der Waals surface area contributed by atoms with Crippen molar-refractivity contribution in [2.75, 3.05) is 38.1 Å². The number of anilines is 1. The second-order valence-electron chi connectivity index (χ2n) is 9.99. The van der Waals surface area contributed by atoms with Crippen LogP contribution in [0.25, 0.3) is 0 Å². The van der Waals surface area contributed by atoms with E-state index in [2.05, 4.69) is 10.0 Å². The molecule has 0 fully saturated rings. The first-order chi connectivity index (χ1) is 18.2. The predicted molar refractivity (Wildman–Crippen MR) is 148 cm³/mol. The molecule has 10 heteroatoms. The van der Waals surface area contributed by atoms with Gasteiger partial charge in [-0.05, 0) is 70.5 Å². The highest BCUT2D eigenvalue weighted by molar-refractivity contribution is 7.92. The zero-order chi connectivity index (χ0) is 27.7. The largest absolute Gasteiger partial charge is 0.490 e. The molecule has 2 aromatic rings. The molecular formula is C28H41N3O6S. The van der Waals surface area contributed by atoms with Crippen molar-refractivity contribution in [2.45, 2.75) is 63.2 Å². The molecule has 3 N–H and O–H groups in total. The summed E-state index contributed by atoms with van der Waals surface area (Å²) >= 11 is 0. The van der Waals surface area contributed by atoms with Gasteiger partial charge in [0.15, 0.2) is 0 Å². The summed E-state index contributed by atoms with van der Waals surface area (Å²) in [6.45, 7) is 7.15. The Kier molecular flexibility index (Phi) is 11.0. The Hall–Kier alpha value is -2.66. The van der Waals surface area contributed by atoms with Gasteiger partial charge in [-0.2, -0.15) is 0 Å². The van der Waals surface area contributed by atoms with Crippen LogP contribution in [0.15, 0.2) is 53.4 Å². The van der Waals surface area contributed by atoms with Gasteiger partial charge < -0.3 is 24.8 Å². The van der Waals surface area contributed by atoms with Crippen LogP contribution in [0.5, 0.6) is 5.75 Å². The van der Waals surface area contributed by atoms with Gasteiger partial charge in [0.1, 0.15) is 5.75 Å². The molecule has 0 aliphatic carbocycles. The number of benzene rings is 2. The Labute approximate surface area is 226 Å². The van der Waals surface area contributed by atoms with Crippen molar-refractivity contribution in [3.8, 4) is 5.75 Å². The van der Waals surface area contributed by atoms with Gasteiger partial charge in [-0.1, -0.05) is 25.1 Å². The number of aliphatic hydroxyl groups excluding tert-OH is 1. The molecule has 0 saturated heterocycles. The molecule has 9 nitrogen and oxygen atoms in total. The third-order valence-corrected chi connectivity index (χ3v) is 8.16. The molecule has 0 radical (unpaired) electrons. The minimum absolute atomic E-state index is 0.0219. The molecule has 0 unspecified atom stereocenters. The Morgan fingerprint density at radius 3 is 2.55 bits per heavy atom. The van der Waals surface area contributed by atoms with E-state index in [1.807, 2.05) is 20.9 Å². The van der Waals surface area contributed by atoms with Crippen LogP contribution in [0.4, 0.5) is 5.69 Å². The number of aliphatic hydroxyl groups is 1. The third kappa shape index (κ3) is 7.92. The molecule has 4 atom stereocenters. The summed E-state index contributed by atoms with van der Waals surface area (Å²) in [6, 6.07) is 12.3. The number of ether oxygens (including phenoxy) is 2. The normalized spacial score (nSPS) is 22.6. The van der Waals surface area contributed by atoms with E-state index in [9.17, 15) is 18.3 Å². The van der Waals surface area contributed by atoms with Crippen molar-refractivity contribution in [3.05, 3.63) is 54.1 Å². The summed E-state index contributed by atoms with van der Waals surface area (Å²) < 4.78 is 40.8. The molecule has 0 saturated carbocycles. The fraction of sp³-hybridized carbons (Fsp3) is 0.536. The van der Waals surface area contributed by atoms with E-state index in [4.69, 9.17) is 9.47 Å². The van der Waals surface area contributed by atoms with Gasteiger partial charge in [-0.3, -0.25) is 9.52 Å². The van der Waals surface area contributed by atoms with E-state index in [-0.39, 0.29) is 46.8 Å². The quantitative estimate of drug-likeness (QED) is 0.486. The maximum Gasteiger partial charge on any atom is 0.261 e. The maximum absolute atomic E-state index is 14.0. The number of hydrogen-bond donors (Lipinski definition) is 3. The molecule has 0 bridgehead atoms. The van der Waals surface area contributed by atoms with Crippen LogP contribution in [-0.4, -0.2) is 75.9 Å². The highest BCUT2D eigenvalue weighted by atomic mass is 32.2. The smallest absolute Gasteiger partial charge is 0.261 e. The number of nitrogens with one attached hydrogen (secondary N) is 2. The molecule has 1 amide bonds. The summed E-state index contributed by atoms with van der Waals surface area (Å²) in [7, 11) is -1.98. The maximum atomic E-state index is 14.0. The first-order valence-corrected chi connectivity index (χ1v) is 14.7. The van der Waals surface area contributed by atoms with E-state index in [0.717, 1.165) is 19.3 Å². The number of nitrogens with zero attached hydrogens (tertiary/aromatic N) is 1. The third-order valence-electron chi connectivity index (χ3n) is 6.76. The molecule has 1 aliphatic rings. The van der Waals surface area contributed by atoms with Crippen molar-refractivity contribution in [3.63, 3.8) is 0 Å². The Morgan fingerprint density at radius 2 is 1.87 bits per heavy atom. The van der Waals surface area contributed by atoms with Crippen molar-refractivity contribution >= 4 is 21.6 Å². The van der Waals surface area contributed by atoms with Gasteiger partial charge in [-0.15, -0.1) is 0 Å². The van der Waals surface area contributed by atoms with Crippen LogP contribution >= 0.6 is 0 Å². The van der Waals surface area contributed by atoms with Crippen molar-refractivity contribution in [1.82, 2.24) is 10.2 Å². The second-order valence-corrected chi connectivity index (χ2v) is 11.7. The molecule has 1 heterocycles. The van der Waals surface area contributed by atoms with E-state index >= 15 is 0 Å². The number of rotatable bonds is 7. The standard InChI is InChI=1S/C28H41N3O6S/c1-20-18-31(21(2)19-32)28(33)25-16-23(30-38(34,35)24-11-6-5-7-12-24)13-14-26(25)37-22(3)10-8-9-15-36-27(20)17-29-4/h5-7,11-14,16,20-22,27,29-30,32H,8-10,15,17-19H2,1-4H3/t20-,21-,22-,27-/m0/s1. The zero-order valence-corrected chi connectivity index (χ0v) is 23.5. The van der Waals surface area contributed by atoms with Crippen molar-refractivity contribution < 1.29 is 27.8 Å². The molecule has 2 aromatic carbocycles. The lowest BCUT2D eigenvalue weighted by Crippen LogP contribution is -2.47. The minimum Gasteiger partial charge on any atom is -0.490 e. The monoisotopic (exact) mass is 547 g/mol. The van der Waals surface area contributed by atoms with Crippen molar-refractivity contribution in [1.29, 1.82) is 0 Å². The zero-order valence-electron chi connectivity index (χ0n) is 22.7. The number of carbonyl (C=O) groups excluding carboxylic acids is 1. The van der Waals surface area contributed by atoms with E-state index < -0.39 is 16.1 Å². The number of amides is 1. The summed E-state index contributed by atoms with van der Waals surface area (Å²) in [5.41, 5.74) is 0.486. The minimum atomic E-state index is -3.85. The summed E-state index contributed by atoms with van der Waals surface area (Å²) in [5, 5.41) is 13.2.